The molecule has 154 valence electrons. The highest BCUT2D eigenvalue weighted by molar-refractivity contribution is 5.51. The smallest absolute Gasteiger partial charge is 0.137 e. The van der Waals surface area contributed by atoms with Crippen LogP contribution in [-0.4, -0.2) is 79.5 Å². The van der Waals surface area contributed by atoms with Crippen molar-refractivity contribution in [3.05, 3.63) is 42.2 Å². The van der Waals surface area contributed by atoms with Crippen LogP contribution in [-0.2, 0) is 0 Å². The van der Waals surface area contributed by atoms with E-state index in [1.165, 1.54) is 0 Å². The Labute approximate surface area is 172 Å². The monoisotopic (exact) mass is 396 g/mol. The maximum Gasteiger partial charge on any atom is 0.137 e. The van der Waals surface area contributed by atoms with Gasteiger partial charge in [-0.05, 0) is 32.6 Å². The number of benzene rings is 1. The summed E-state index contributed by atoms with van der Waals surface area (Å²) in [6, 6.07) is 11.5. The van der Waals surface area contributed by atoms with E-state index < -0.39 is 0 Å². The number of nitriles is 1. The zero-order valence-corrected chi connectivity index (χ0v) is 17.2. The van der Waals surface area contributed by atoms with Crippen molar-refractivity contribution in [3.63, 3.8) is 0 Å². The molecule has 0 bridgehead atoms. The molecule has 0 saturated carbocycles. The van der Waals surface area contributed by atoms with Gasteiger partial charge in [0.05, 0.1) is 18.2 Å². The number of anilines is 2. The number of aliphatic hydroxyl groups excluding tert-OH is 1. The van der Waals surface area contributed by atoms with Crippen molar-refractivity contribution >= 4 is 11.6 Å². The van der Waals surface area contributed by atoms with Crippen LogP contribution in [0.5, 0.6) is 5.75 Å². The summed E-state index contributed by atoms with van der Waals surface area (Å²) in [4.78, 5) is 15.1. The average Bonchev–Trinajstić information content (AvgIpc) is 3.07. The topological polar surface area (TPSA) is 88.8 Å². The molecule has 1 fully saturated rings. The molecule has 2 atom stereocenters. The van der Waals surface area contributed by atoms with Gasteiger partial charge in [-0.3, -0.25) is 0 Å². The molecule has 1 aliphatic heterocycles. The second-order valence-electron chi connectivity index (χ2n) is 7.57. The Balaban J connectivity index is 1.63. The van der Waals surface area contributed by atoms with Gasteiger partial charge in [0, 0.05) is 32.2 Å². The van der Waals surface area contributed by atoms with Gasteiger partial charge in [0.2, 0.25) is 0 Å². The van der Waals surface area contributed by atoms with E-state index in [2.05, 4.69) is 25.8 Å². The predicted molar refractivity (Wildman–Crippen MR) is 112 cm³/mol. The summed E-state index contributed by atoms with van der Waals surface area (Å²) in [5, 5.41) is 19.3. The molecule has 29 heavy (non-hydrogen) atoms. The number of β-amino-alcohol motifs (C(OH)–C–C–N with tert-alkyl or cyclic N) is 1. The number of aromatic nitrogens is 2. The molecule has 3 rings (SSSR count). The molecule has 0 amide bonds. The largest absolute Gasteiger partial charge is 0.490 e. The zero-order valence-electron chi connectivity index (χ0n) is 17.2. The molecule has 1 saturated heterocycles. The average molecular weight is 396 g/mol. The number of aliphatic hydroxyl groups is 1. The van der Waals surface area contributed by atoms with Crippen molar-refractivity contribution in [1.82, 2.24) is 14.9 Å². The standard InChI is InChI=1S/C21H28N6O2/c1-25(2)13-17-10-18(28)14-27(17)21-11-20(23-15-24-21)26(3)8-9-29-19-7-5-4-6-16(19)12-22/h4-7,11,15,17-18,28H,8-10,13-14H2,1-3H3/t17-,18-/m1/s1. The maximum atomic E-state index is 10.1. The van der Waals surface area contributed by atoms with Crippen molar-refractivity contribution in [2.24, 2.45) is 0 Å². The van der Waals surface area contributed by atoms with E-state index in [0.717, 1.165) is 24.6 Å². The van der Waals surface area contributed by atoms with E-state index in [1.807, 2.05) is 44.2 Å². The van der Waals surface area contributed by atoms with Gasteiger partial charge in [-0.1, -0.05) is 12.1 Å². The minimum atomic E-state index is -0.343. The third-order valence-corrected chi connectivity index (χ3v) is 4.98. The Morgan fingerprint density at radius 2 is 2.07 bits per heavy atom. The summed E-state index contributed by atoms with van der Waals surface area (Å²) in [6.45, 7) is 2.48. The van der Waals surface area contributed by atoms with Crippen LogP contribution >= 0.6 is 0 Å². The van der Waals surface area contributed by atoms with Crippen molar-refractivity contribution in [1.29, 1.82) is 5.26 Å². The Morgan fingerprint density at radius 3 is 2.83 bits per heavy atom. The second-order valence-corrected chi connectivity index (χ2v) is 7.57. The number of likely N-dealkylation sites (N-methyl/N-ethyl adjacent to an activating group) is 2. The van der Waals surface area contributed by atoms with Crippen LogP contribution in [0.1, 0.15) is 12.0 Å². The van der Waals surface area contributed by atoms with Gasteiger partial charge in [0.25, 0.3) is 0 Å². The van der Waals surface area contributed by atoms with Crippen LogP contribution < -0.4 is 14.5 Å². The highest BCUT2D eigenvalue weighted by atomic mass is 16.5. The first-order valence-corrected chi connectivity index (χ1v) is 9.72. The highest BCUT2D eigenvalue weighted by Gasteiger charge is 2.32. The molecule has 2 aromatic rings. The Kier molecular flexibility index (Phi) is 6.86. The van der Waals surface area contributed by atoms with Crippen LogP contribution in [0.15, 0.2) is 36.7 Å². The molecule has 0 radical (unpaired) electrons. The summed E-state index contributed by atoms with van der Waals surface area (Å²) in [5.74, 6) is 2.20. The maximum absolute atomic E-state index is 10.1. The Hall–Kier alpha value is -2.89. The fourth-order valence-electron chi connectivity index (χ4n) is 3.56. The third kappa shape index (κ3) is 5.34. The lowest BCUT2D eigenvalue weighted by atomic mass is 10.2. The van der Waals surface area contributed by atoms with Crippen molar-refractivity contribution in [3.8, 4) is 11.8 Å². The van der Waals surface area contributed by atoms with Gasteiger partial charge >= 0.3 is 0 Å². The van der Waals surface area contributed by atoms with Crippen LogP contribution in [0.3, 0.4) is 0 Å². The van der Waals surface area contributed by atoms with Crippen molar-refractivity contribution in [2.75, 3.05) is 57.2 Å². The van der Waals surface area contributed by atoms with Crippen molar-refractivity contribution < 1.29 is 9.84 Å². The normalized spacial score (nSPS) is 18.7. The third-order valence-electron chi connectivity index (χ3n) is 4.98. The summed E-state index contributed by atoms with van der Waals surface area (Å²) < 4.78 is 5.77. The molecule has 0 unspecified atom stereocenters. The number of ether oxygens (including phenoxy) is 1. The SMILES string of the molecule is CN(C)C[C@H]1C[C@@H](O)CN1c1cc(N(C)CCOc2ccccc2C#N)ncn1. The van der Waals surface area contributed by atoms with Gasteiger partial charge < -0.3 is 24.5 Å². The van der Waals surface area contributed by atoms with Crippen molar-refractivity contribution in [2.45, 2.75) is 18.6 Å². The first-order valence-electron chi connectivity index (χ1n) is 9.72. The minimum absolute atomic E-state index is 0.221. The number of hydrogen-bond donors (Lipinski definition) is 1. The predicted octanol–water partition coefficient (Wildman–Crippen LogP) is 1.36. The molecule has 8 heteroatoms. The van der Waals surface area contributed by atoms with Gasteiger partial charge in [-0.15, -0.1) is 0 Å². The van der Waals surface area contributed by atoms with E-state index in [1.54, 1.807) is 18.5 Å². The van der Waals surface area contributed by atoms with E-state index in [9.17, 15) is 5.11 Å². The zero-order chi connectivity index (χ0) is 20.8. The van der Waals surface area contributed by atoms with E-state index in [0.29, 0.717) is 31.0 Å². The number of rotatable bonds is 8. The molecule has 2 heterocycles. The lowest BCUT2D eigenvalue weighted by Gasteiger charge is -2.28. The molecule has 1 N–H and O–H groups in total. The second kappa shape index (κ2) is 9.54. The molecule has 8 nitrogen and oxygen atoms in total. The van der Waals surface area contributed by atoms with Gasteiger partial charge in [-0.25, -0.2) is 9.97 Å². The molecular formula is C21H28N6O2. The minimum Gasteiger partial charge on any atom is -0.490 e. The Bertz CT molecular complexity index is 853. The fraction of sp³-hybridized carbons (Fsp3) is 0.476. The van der Waals surface area contributed by atoms with Gasteiger partial charge in [0.15, 0.2) is 0 Å². The highest BCUT2D eigenvalue weighted by Crippen LogP contribution is 2.26. The van der Waals surface area contributed by atoms with E-state index in [4.69, 9.17) is 10.00 Å². The fourth-order valence-corrected chi connectivity index (χ4v) is 3.56. The van der Waals surface area contributed by atoms with Crippen LogP contribution in [0.25, 0.3) is 0 Å². The lowest BCUT2D eigenvalue weighted by Crippen LogP contribution is -2.38. The molecule has 0 aliphatic carbocycles. The van der Waals surface area contributed by atoms with Crippen LogP contribution in [0.4, 0.5) is 11.6 Å². The van der Waals surface area contributed by atoms with Crippen LogP contribution in [0, 0.1) is 11.3 Å². The van der Waals surface area contributed by atoms with Gasteiger partial charge in [0.1, 0.15) is 36.4 Å². The summed E-state index contributed by atoms with van der Waals surface area (Å²) in [5.41, 5.74) is 0.527. The molecule has 1 aromatic carbocycles. The van der Waals surface area contributed by atoms with E-state index >= 15 is 0 Å². The molecule has 1 aromatic heterocycles. The summed E-state index contributed by atoms with van der Waals surface area (Å²) in [7, 11) is 6.01. The molecule has 1 aliphatic rings. The quantitative estimate of drug-likeness (QED) is 0.716. The lowest BCUT2D eigenvalue weighted by molar-refractivity contribution is 0.191. The molecular weight excluding hydrogens is 368 g/mol. The number of nitrogens with zero attached hydrogens (tertiary/aromatic N) is 6. The van der Waals surface area contributed by atoms with Gasteiger partial charge in [-0.2, -0.15) is 5.26 Å². The molecule has 0 spiro atoms. The number of para-hydroxylation sites is 1. The summed E-state index contributed by atoms with van der Waals surface area (Å²) in [6.07, 6.45) is 1.95. The van der Waals surface area contributed by atoms with Crippen LogP contribution in [0.2, 0.25) is 0 Å². The van der Waals surface area contributed by atoms with E-state index in [-0.39, 0.29) is 12.1 Å². The first kappa shape index (κ1) is 20.8. The first-order chi connectivity index (χ1) is 14.0. The summed E-state index contributed by atoms with van der Waals surface area (Å²) >= 11 is 0. The Morgan fingerprint density at radius 1 is 1.28 bits per heavy atom. The number of hydrogen-bond acceptors (Lipinski definition) is 8.